The van der Waals surface area contributed by atoms with Gasteiger partial charge in [0.1, 0.15) is 0 Å². The van der Waals surface area contributed by atoms with E-state index < -0.39 is 5.97 Å². The molecule has 0 spiro atoms. The maximum Gasteiger partial charge on any atom is 0.306 e. The molecule has 7 heteroatoms. The third kappa shape index (κ3) is 4.79. The average molecular weight is 320 g/mol. The summed E-state index contributed by atoms with van der Waals surface area (Å²) in [6.07, 6.45) is 0.00859. The van der Waals surface area contributed by atoms with Crippen LogP contribution >= 0.6 is 0 Å². The van der Waals surface area contributed by atoms with Crippen molar-refractivity contribution in [2.75, 3.05) is 38.7 Å². The first kappa shape index (κ1) is 17.0. The van der Waals surface area contributed by atoms with Gasteiger partial charge in [-0.15, -0.1) is 0 Å². The number of carbonyl (C=O) groups excluding carboxylic acids is 3. The minimum atomic E-state index is -0.446. The molecule has 2 rings (SSSR count). The maximum atomic E-state index is 12.6. The molecule has 0 saturated carbocycles. The van der Waals surface area contributed by atoms with Gasteiger partial charge < -0.3 is 19.7 Å². The third-order valence-corrected chi connectivity index (χ3v) is 3.51. The second-order valence-electron chi connectivity index (χ2n) is 5.07. The van der Waals surface area contributed by atoms with Gasteiger partial charge in [-0.25, -0.2) is 0 Å². The van der Waals surface area contributed by atoms with Crippen LogP contribution < -0.4 is 5.32 Å². The second-order valence-corrected chi connectivity index (χ2v) is 5.07. The SMILES string of the molecule is COC(=O)CCC(=O)Nc1ccccc1C(=O)N1CCOCC1. The van der Waals surface area contributed by atoms with Gasteiger partial charge in [0, 0.05) is 19.5 Å². The van der Waals surface area contributed by atoms with E-state index in [9.17, 15) is 14.4 Å². The van der Waals surface area contributed by atoms with Crippen molar-refractivity contribution in [3.05, 3.63) is 29.8 Å². The molecule has 1 N–H and O–H groups in total. The summed E-state index contributed by atoms with van der Waals surface area (Å²) in [4.78, 5) is 37.3. The van der Waals surface area contributed by atoms with Gasteiger partial charge in [-0.3, -0.25) is 14.4 Å². The van der Waals surface area contributed by atoms with Crippen LogP contribution in [0.4, 0.5) is 5.69 Å². The molecule has 0 aliphatic carbocycles. The molecule has 7 nitrogen and oxygen atoms in total. The average Bonchev–Trinajstić information content (AvgIpc) is 2.60. The number of hydrogen-bond donors (Lipinski definition) is 1. The number of para-hydroxylation sites is 1. The normalized spacial score (nSPS) is 14.2. The number of methoxy groups -OCH3 is 1. The summed E-state index contributed by atoms with van der Waals surface area (Å²) in [6, 6.07) is 6.83. The number of nitrogens with one attached hydrogen (secondary N) is 1. The Morgan fingerprint density at radius 1 is 1.17 bits per heavy atom. The van der Waals surface area contributed by atoms with Gasteiger partial charge in [-0.1, -0.05) is 12.1 Å². The summed E-state index contributed by atoms with van der Waals surface area (Å²) in [6.45, 7) is 2.09. The molecule has 23 heavy (non-hydrogen) atoms. The Morgan fingerprint density at radius 3 is 2.57 bits per heavy atom. The van der Waals surface area contributed by atoms with Gasteiger partial charge >= 0.3 is 5.97 Å². The number of hydrogen-bond acceptors (Lipinski definition) is 5. The number of carbonyl (C=O) groups is 3. The van der Waals surface area contributed by atoms with E-state index in [2.05, 4.69) is 10.1 Å². The number of morpholine rings is 1. The zero-order valence-electron chi connectivity index (χ0n) is 13.0. The second kappa shape index (κ2) is 8.28. The molecule has 0 bridgehead atoms. The highest BCUT2D eigenvalue weighted by molar-refractivity contribution is 6.04. The van der Waals surface area contributed by atoms with E-state index in [1.165, 1.54) is 7.11 Å². The lowest BCUT2D eigenvalue weighted by Crippen LogP contribution is -2.41. The Morgan fingerprint density at radius 2 is 1.87 bits per heavy atom. The molecule has 1 heterocycles. The molecular weight excluding hydrogens is 300 g/mol. The van der Waals surface area contributed by atoms with Crippen molar-refractivity contribution in [2.45, 2.75) is 12.8 Å². The standard InChI is InChI=1S/C16H20N2O5/c1-22-15(20)7-6-14(19)17-13-5-3-2-4-12(13)16(21)18-8-10-23-11-9-18/h2-5H,6-11H2,1H3,(H,17,19). The van der Waals surface area contributed by atoms with Crippen LogP contribution in [0.2, 0.25) is 0 Å². The van der Waals surface area contributed by atoms with E-state index >= 15 is 0 Å². The fourth-order valence-corrected chi connectivity index (χ4v) is 2.25. The zero-order chi connectivity index (χ0) is 16.7. The summed E-state index contributed by atoms with van der Waals surface area (Å²) in [7, 11) is 1.27. The van der Waals surface area contributed by atoms with Crippen LogP contribution in [0.15, 0.2) is 24.3 Å². The molecule has 1 aromatic carbocycles. The Labute approximate surface area is 134 Å². The fraction of sp³-hybridized carbons (Fsp3) is 0.438. The first-order valence-electron chi connectivity index (χ1n) is 7.44. The monoisotopic (exact) mass is 320 g/mol. The molecular formula is C16H20N2O5. The van der Waals surface area contributed by atoms with Crippen LogP contribution in [0, 0.1) is 0 Å². The van der Waals surface area contributed by atoms with E-state index in [0.29, 0.717) is 37.6 Å². The first-order valence-corrected chi connectivity index (χ1v) is 7.44. The van der Waals surface area contributed by atoms with Crippen molar-refractivity contribution in [3.63, 3.8) is 0 Å². The maximum absolute atomic E-state index is 12.6. The molecule has 0 unspecified atom stereocenters. The summed E-state index contributed by atoms with van der Waals surface area (Å²) in [5.41, 5.74) is 0.875. The number of esters is 1. The van der Waals surface area contributed by atoms with Gasteiger partial charge in [0.2, 0.25) is 5.91 Å². The molecule has 1 fully saturated rings. The van der Waals surface area contributed by atoms with E-state index in [1.54, 1.807) is 29.2 Å². The Hall–Kier alpha value is -2.41. The highest BCUT2D eigenvalue weighted by Gasteiger charge is 2.21. The number of amides is 2. The van der Waals surface area contributed by atoms with Crippen LogP contribution in [0.25, 0.3) is 0 Å². The molecule has 1 aliphatic heterocycles. The van der Waals surface area contributed by atoms with Crippen molar-refractivity contribution < 1.29 is 23.9 Å². The Bertz CT molecular complexity index is 582. The number of ether oxygens (including phenoxy) is 2. The van der Waals surface area contributed by atoms with E-state index in [0.717, 1.165) is 0 Å². The van der Waals surface area contributed by atoms with Crippen molar-refractivity contribution in [2.24, 2.45) is 0 Å². The Kier molecular flexibility index (Phi) is 6.10. The van der Waals surface area contributed by atoms with Crippen molar-refractivity contribution in [1.29, 1.82) is 0 Å². The minimum absolute atomic E-state index is 0.00190. The molecule has 0 radical (unpaired) electrons. The van der Waals surface area contributed by atoms with Gasteiger partial charge in [0.25, 0.3) is 5.91 Å². The summed E-state index contributed by atoms with van der Waals surface area (Å²) >= 11 is 0. The predicted molar refractivity (Wildman–Crippen MR) is 83.0 cm³/mol. The molecule has 1 aliphatic rings. The van der Waals surface area contributed by atoms with Crippen molar-refractivity contribution >= 4 is 23.5 Å². The van der Waals surface area contributed by atoms with Crippen LogP contribution in [0.5, 0.6) is 0 Å². The minimum Gasteiger partial charge on any atom is -0.469 e. The molecule has 0 atom stereocenters. The molecule has 124 valence electrons. The smallest absolute Gasteiger partial charge is 0.306 e. The predicted octanol–water partition coefficient (Wildman–Crippen LogP) is 1.05. The van der Waals surface area contributed by atoms with Crippen LogP contribution in [-0.4, -0.2) is 56.1 Å². The highest BCUT2D eigenvalue weighted by Crippen LogP contribution is 2.18. The van der Waals surface area contributed by atoms with Gasteiger partial charge in [-0.05, 0) is 12.1 Å². The van der Waals surface area contributed by atoms with E-state index in [1.807, 2.05) is 0 Å². The van der Waals surface area contributed by atoms with Gasteiger partial charge in [0.05, 0.1) is 38.0 Å². The van der Waals surface area contributed by atoms with Gasteiger partial charge in [-0.2, -0.15) is 0 Å². The van der Waals surface area contributed by atoms with E-state index in [-0.39, 0.29) is 24.7 Å². The van der Waals surface area contributed by atoms with Crippen LogP contribution in [0.1, 0.15) is 23.2 Å². The summed E-state index contributed by atoms with van der Waals surface area (Å²) in [5, 5.41) is 2.68. The van der Waals surface area contributed by atoms with Crippen LogP contribution in [0.3, 0.4) is 0 Å². The van der Waals surface area contributed by atoms with E-state index in [4.69, 9.17) is 4.74 Å². The molecule has 0 aromatic heterocycles. The quantitative estimate of drug-likeness (QED) is 0.820. The van der Waals surface area contributed by atoms with Crippen molar-refractivity contribution in [3.8, 4) is 0 Å². The van der Waals surface area contributed by atoms with Crippen molar-refractivity contribution in [1.82, 2.24) is 4.90 Å². The summed E-state index contributed by atoms with van der Waals surface area (Å²) < 4.78 is 9.74. The number of nitrogens with zero attached hydrogens (tertiary/aromatic N) is 1. The summed E-state index contributed by atoms with van der Waals surface area (Å²) in [5.74, 6) is -0.923. The molecule has 1 aromatic rings. The lowest BCUT2D eigenvalue weighted by Gasteiger charge is -2.27. The number of rotatable bonds is 5. The number of benzene rings is 1. The molecule has 1 saturated heterocycles. The van der Waals surface area contributed by atoms with Gasteiger partial charge in [0.15, 0.2) is 0 Å². The van der Waals surface area contributed by atoms with Crippen LogP contribution in [-0.2, 0) is 19.1 Å². The Balaban J connectivity index is 2.03. The lowest BCUT2D eigenvalue weighted by atomic mass is 10.1. The zero-order valence-corrected chi connectivity index (χ0v) is 13.0. The lowest BCUT2D eigenvalue weighted by molar-refractivity contribution is -0.141. The highest BCUT2D eigenvalue weighted by atomic mass is 16.5. The fourth-order valence-electron chi connectivity index (χ4n) is 2.25. The third-order valence-electron chi connectivity index (χ3n) is 3.51. The number of anilines is 1. The largest absolute Gasteiger partial charge is 0.469 e. The topological polar surface area (TPSA) is 84.9 Å². The molecule has 2 amide bonds. The first-order chi connectivity index (χ1) is 11.1.